The third-order valence-electron chi connectivity index (χ3n) is 2.52. The molecular formula is C13H22N2S. The topological polar surface area (TPSA) is 24.9 Å². The van der Waals surface area contributed by atoms with Crippen molar-refractivity contribution < 1.29 is 0 Å². The van der Waals surface area contributed by atoms with Crippen molar-refractivity contribution in [3.8, 4) is 0 Å². The number of allylic oxidation sites excluding steroid dienone is 1. The fraction of sp³-hybridized carbons (Fsp3) is 0.615. The highest BCUT2D eigenvalue weighted by Gasteiger charge is 2.12. The van der Waals surface area contributed by atoms with Crippen LogP contribution in [0.1, 0.15) is 48.5 Å². The van der Waals surface area contributed by atoms with Gasteiger partial charge in [0.15, 0.2) is 0 Å². The van der Waals surface area contributed by atoms with Crippen molar-refractivity contribution in [3.05, 3.63) is 28.7 Å². The number of hydrogen-bond donors (Lipinski definition) is 1. The van der Waals surface area contributed by atoms with E-state index in [0.717, 1.165) is 18.0 Å². The van der Waals surface area contributed by atoms with Crippen LogP contribution >= 0.6 is 11.3 Å². The summed E-state index contributed by atoms with van der Waals surface area (Å²) >= 11 is 1.80. The number of rotatable bonds is 8. The number of nitrogens with zero attached hydrogens (tertiary/aromatic N) is 1. The lowest BCUT2D eigenvalue weighted by atomic mass is 10.1. The molecule has 0 spiro atoms. The first-order chi connectivity index (χ1) is 7.77. The van der Waals surface area contributed by atoms with Gasteiger partial charge < -0.3 is 5.32 Å². The zero-order valence-electron chi connectivity index (χ0n) is 10.3. The van der Waals surface area contributed by atoms with Crippen LogP contribution in [0.25, 0.3) is 0 Å². The van der Waals surface area contributed by atoms with Crippen LogP contribution in [0.15, 0.2) is 18.9 Å². The minimum atomic E-state index is 0.478. The molecule has 1 rings (SSSR count). The zero-order valence-corrected chi connectivity index (χ0v) is 11.1. The molecule has 1 atom stereocenters. The predicted octanol–water partition coefficient (Wildman–Crippen LogP) is 3.85. The average Bonchev–Trinajstić information content (AvgIpc) is 2.70. The molecule has 1 unspecified atom stereocenters. The predicted molar refractivity (Wildman–Crippen MR) is 71.9 cm³/mol. The molecule has 0 aliphatic heterocycles. The first kappa shape index (κ1) is 13.4. The molecule has 0 aliphatic rings. The van der Waals surface area contributed by atoms with E-state index in [1.807, 2.05) is 12.3 Å². The van der Waals surface area contributed by atoms with Gasteiger partial charge in [0.2, 0.25) is 0 Å². The Kier molecular flexibility index (Phi) is 6.34. The van der Waals surface area contributed by atoms with Crippen LogP contribution in [0.3, 0.4) is 0 Å². The van der Waals surface area contributed by atoms with Crippen LogP contribution in [0, 0.1) is 6.92 Å². The Morgan fingerprint density at radius 1 is 1.62 bits per heavy atom. The van der Waals surface area contributed by atoms with Crippen LogP contribution in [-0.2, 0) is 0 Å². The molecular weight excluding hydrogens is 216 g/mol. The average molecular weight is 238 g/mol. The zero-order chi connectivity index (χ0) is 11.8. The van der Waals surface area contributed by atoms with Crippen molar-refractivity contribution >= 4 is 11.3 Å². The fourth-order valence-electron chi connectivity index (χ4n) is 1.67. The van der Waals surface area contributed by atoms with Gasteiger partial charge >= 0.3 is 0 Å². The molecule has 2 nitrogen and oxygen atoms in total. The Balaban J connectivity index is 2.52. The Morgan fingerprint density at radius 3 is 3.00 bits per heavy atom. The van der Waals surface area contributed by atoms with E-state index in [1.54, 1.807) is 11.3 Å². The largest absolute Gasteiger partial charge is 0.309 e. The van der Waals surface area contributed by atoms with Crippen LogP contribution in [0.2, 0.25) is 0 Å². The number of unbranched alkanes of at least 4 members (excludes halogenated alkanes) is 1. The number of aryl methyl sites for hydroxylation is 1. The summed E-state index contributed by atoms with van der Waals surface area (Å²) in [5.74, 6) is 0. The lowest BCUT2D eigenvalue weighted by Crippen LogP contribution is -2.21. The highest BCUT2D eigenvalue weighted by atomic mass is 32.1. The van der Waals surface area contributed by atoms with Gasteiger partial charge in [-0.15, -0.1) is 17.9 Å². The molecule has 0 amide bonds. The third kappa shape index (κ3) is 4.45. The molecule has 16 heavy (non-hydrogen) atoms. The molecule has 0 aromatic carbocycles. The van der Waals surface area contributed by atoms with Crippen LogP contribution in [0.5, 0.6) is 0 Å². The number of aromatic nitrogens is 1. The van der Waals surface area contributed by atoms with Gasteiger partial charge in [-0.3, -0.25) is 0 Å². The molecule has 1 N–H and O–H groups in total. The van der Waals surface area contributed by atoms with E-state index in [-0.39, 0.29) is 0 Å². The quantitative estimate of drug-likeness (QED) is 0.549. The van der Waals surface area contributed by atoms with Crippen molar-refractivity contribution in [2.24, 2.45) is 0 Å². The fourth-order valence-corrected chi connectivity index (χ4v) is 2.56. The molecule has 1 aromatic rings. The molecule has 0 aliphatic carbocycles. The van der Waals surface area contributed by atoms with Gasteiger partial charge in [-0.2, -0.15) is 0 Å². The van der Waals surface area contributed by atoms with Gasteiger partial charge in [-0.25, -0.2) is 4.98 Å². The SMILES string of the molecule is C=CCCCC(NCCC)c1cnc(C)s1. The minimum Gasteiger partial charge on any atom is -0.309 e. The van der Waals surface area contributed by atoms with Crippen molar-refractivity contribution in [2.45, 2.75) is 45.6 Å². The second kappa shape index (κ2) is 7.58. The summed E-state index contributed by atoms with van der Waals surface area (Å²) in [7, 11) is 0. The molecule has 0 radical (unpaired) electrons. The second-order valence-corrected chi connectivity index (χ2v) is 5.27. The lowest BCUT2D eigenvalue weighted by Gasteiger charge is -2.16. The Hall–Kier alpha value is -0.670. The van der Waals surface area contributed by atoms with E-state index < -0.39 is 0 Å². The highest BCUT2D eigenvalue weighted by Crippen LogP contribution is 2.24. The van der Waals surface area contributed by atoms with E-state index in [1.165, 1.54) is 24.1 Å². The molecule has 0 bridgehead atoms. The van der Waals surface area contributed by atoms with E-state index in [0.29, 0.717) is 6.04 Å². The first-order valence-electron chi connectivity index (χ1n) is 6.04. The van der Waals surface area contributed by atoms with Gasteiger partial charge in [0.05, 0.1) is 5.01 Å². The third-order valence-corrected chi connectivity index (χ3v) is 3.55. The summed E-state index contributed by atoms with van der Waals surface area (Å²) in [5, 5.41) is 4.75. The maximum atomic E-state index is 4.33. The van der Waals surface area contributed by atoms with E-state index in [4.69, 9.17) is 0 Å². The summed E-state index contributed by atoms with van der Waals surface area (Å²) < 4.78 is 0. The summed E-state index contributed by atoms with van der Waals surface area (Å²) in [6.45, 7) is 9.11. The maximum absolute atomic E-state index is 4.33. The van der Waals surface area contributed by atoms with Crippen molar-refractivity contribution in [1.82, 2.24) is 10.3 Å². The highest BCUT2D eigenvalue weighted by molar-refractivity contribution is 7.11. The smallest absolute Gasteiger partial charge is 0.0897 e. The Bertz CT molecular complexity index is 307. The lowest BCUT2D eigenvalue weighted by molar-refractivity contribution is 0.492. The molecule has 0 fully saturated rings. The van der Waals surface area contributed by atoms with Gasteiger partial charge in [0.25, 0.3) is 0 Å². The number of hydrogen-bond acceptors (Lipinski definition) is 3. The molecule has 90 valence electrons. The first-order valence-corrected chi connectivity index (χ1v) is 6.86. The normalized spacial score (nSPS) is 12.6. The molecule has 1 aromatic heterocycles. The standard InChI is InChI=1S/C13H22N2S/c1-4-6-7-8-12(14-9-5-2)13-10-15-11(3)16-13/h4,10,12,14H,1,5-9H2,2-3H3. The molecule has 3 heteroatoms. The van der Waals surface area contributed by atoms with Gasteiger partial charge in [0.1, 0.15) is 0 Å². The van der Waals surface area contributed by atoms with Crippen LogP contribution < -0.4 is 5.32 Å². The molecule has 1 heterocycles. The monoisotopic (exact) mass is 238 g/mol. The van der Waals surface area contributed by atoms with Crippen molar-refractivity contribution in [2.75, 3.05) is 6.54 Å². The minimum absolute atomic E-state index is 0.478. The Labute approximate surface area is 103 Å². The van der Waals surface area contributed by atoms with Gasteiger partial charge in [-0.05, 0) is 39.2 Å². The van der Waals surface area contributed by atoms with E-state index in [2.05, 4.69) is 30.7 Å². The van der Waals surface area contributed by atoms with Gasteiger partial charge in [0, 0.05) is 17.1 Å². The maximum Gasteiger partial charge on any atom is 0.0897 e. The van der Waals surface area contributed by atoms with Crippen molar-refractivity contribution in [1.29, 1.82) is 0 Å². The van der Waals surface area contributed by atoms with E-state index >= 15 is 0 Å². The van der Waals surface area contributed by atoms with E-state index in [9.17, 15) is 0 Å². The number of thiazole rings is 1. The summed E-state index contributed by atoms with van der Waals surface area (Å²) in [6.07, 6.45) is 8.66. The molecule has 0 saturated carbocycles. The van der Waals surface area contributed by atoms with Crippen LogP contribution in [0.4, 0.5) is 0 Å². The summed E-state index contributed by atoms with van der Waals surface area (Å²) in [4.78, 5) is 5.70. The van der Waals surface area contributed by atoms with Crippen LogP contribution in [-0.4, -0.2) is 11.5 Å². The molecule has 0 saturated heterocycles. The summed E-state index contributed by atoms with van der Waals surface area (Å²) in [5.41, 5.74) is 0. The summed E-state index contributed by atoms with van der Waals surface area (Å²) in [6, 6.07) is 0.478. The van der Waals surface area contributed by atoms with Crippen molar-refractivity contribution in [3.63, 3.8) is 0 Å². The van der Waals surface area contributed by atoms with Gasteiger partial charge in [-0.1, -0.05) is 13.0 Å². The second-order valence-electron chi connectivity index (χ2n) is 4.01. The Morgan fingerprint density at radius 2 is 2.44 bits per heavy atom. The number of nitrogens with one attached hydrogen (secondary N) is 1.